The number of carbonyl (C=O) groups excluding carboxylic acids is 2. The number of halogens is 1. The summed E-state index contributed by atoms with van der Waals surface area (Å²) in [5, 5.41) is 10.1. The number of fused-ring (bicyclic) bond motifs is 1. The van der Waals surface area contributed by atoms with E-state index in [0.717, 1.165) is 10.8 Å². The Kier molecular flexibility index (Phi) is 5.43. The van der Waals surface area contributed by atoms with Crippen molar-refractivity contribution >= 4 is 28.3 Å². The number of hydrogen-bond donors (Lipinski definition) is 0. The molecular formula is C24H23FN4O3. The summed E-state index contributed by atoms with van der Waals surface area (Å²) in [6.07, 6.45) is 3.23. The van der Waals surface area contributed by atoms with Crippen LogP contribution in [0.2, 0.25) is 0 Å². The van der Waals surface area contributed by atoms with Crippen LogP contribution in [0.5, 0.6) is 5.88 Å². The first-order chi connectivity index (χ1) is 15.6. The summed E-state index contributed by atoms with van der Waals surface area (Å²) in [5.74, 6) is -0.333. The summed E-state index contributed by atoms with van der Waals surface area (Å²) in [6.45, 7) is 1.47. The molecule has 2 aliphatic heterocycles. The third-order valence-electron chi connectivity index (χ3n) is 6.18. The number of hydrogen-bond acceptors (Lipinski definition) is 5. The van der Waals surface area contributed by atoms with E-state index in [1.807, 2.05) is 29.2 Å². The van der Waals surface area contributed by atoms with Crippen molar-refractivity contribution < 1.29 is 18.7 Å². The molecule has 5 rings (SSSR count). The number of aromatic nitrogens is 2. The van der Waals surface area contributed by atoms with Crippen molar-refractivity contribution in [1.82, 2.24) is 15.1 Å². The fourth-order valence-electron chi connectivity index (χ4n) is 4.44. The molecule has 164 valence electrons. The number of rotatable bonds is 4. The van der Waals surface area contributed by atoms with Crippen LogP contribution in [0, 0.1) is 11.7 Å². The van der Waals surface area contributed by atoms with Gasteiger partial charge in [-0.3, -0.25) is 9.59 Å². The lowest BCUT2D eigenvalue weighted by molar-refractivity contribution is -0.137. The monoisotopic (exact) mass is 434 g/mol. The van der Waals surface area contributed by atoms with Gasteiger partial charge in [0.2, 0.25) is 17.7 Å². The van der Waals surface area contributed by atoms with Crippen molar-refractivity contribution in [2.45, 2.75) is 25.4 Å². The largest absolute Gasteiger partial charge is 0.473 e. The maximum atomic E-state index is 13.2. The Morgan fingerprint density at radius 3 is 2.59 bits per heavy atom. The Morgan fingerprint density at radius 2 is 1.81 bits per heavy atom. The molecule has 2 amide bonds. The van der Waals surface area contributed by atoms with Crippen molar-refractivity contribution in [3.05, 3.63) is 60.5 Å². The van der Waals surface area contributed by atoms with E-state index < -0.39 is 0 Å². The van der Waals surface area contributed by atoms with Gasteiger partial charge in [0.05, 0.1) is 12.1 Å². The summed E-state index contributed by atoms with van der Waals surface area (Å²) in [7, 11) is 0. The van der Waals surface area contributed by atoms with Gasteiger partial charge >= 0.3 is 0 Å². The first-order valence-corrected chi connectivity index (χ1v) is 10.8. The number of likely N-dealkylation sites (tertiary alicyclic amines) is 1. The molecule has 0 spiro atoms. The van der Waals surface area contributed by atoms with Crippen molar-refractivity contribution in [2.75, 3.05) is 24.5 Å². The zero-order chi connectivity index (χ0) is 22.1. The molecule has 0 aliphatic carbocycles. The van der Waals surface area contributed by atoms with Gasteiger partial charge in [0, 0.05) is 55.4 Å². The number of carbonyl (C=O) groups is 2. The van der Waals surface area contributed by atoms with E-state index in [-0.39, 0.29) is 36.1 Å². The number of amides is 2. The highest BCUT2D eigenvalue weighted by atomic mass is 19.1. The lowest BCUT2D eigenvalue weighted by atomic mass is 10.0. The van der Waals surface area contributed by atoms with Crippen LogP contribution < -0.4 is 9.64 Å². The van der Waals surface area contributed by atoms with Gasteiger partial charge in [0.25, 0.3) is 0 Å². The maximum absolute atomic E-state index is 13.2. The second kappa shape index (κ2) is 8.53. The molecule has 1 aromatic heterocycles. The SMILES string of the molecule is O=C(C1CC(=O)N(c2ccc(F)cc2)C1)N1CCC(Oc2nncc3ccccc23)CC1. The molecule has 0 radical (unpaired) electrons. The number of nitrogens with zero attached hydrogens (tertiary/aromatic N) is 4. The van der Waals surface area contributed by atoms with Crippen LogP contribution in [0.25, 0.3) is 10.8 Å². The van der Waals surface area contributed by atoms with Crippen LogP contribution in [0.4, 0.5) is 10.1 Å². The second-order valence-electron chi connectivity index (χ2n) is 8.26. The Bertz CT molecular complexity index is 1140. The standard InChI is InChI=1S/C24H23FN4O3/c25-18-5-7-19(8-6-18)29-15-17(13-22(29)30)24(31)28-11-9-20(10-12-28)32-23-21-4-2-1-3-16(21)14-26-27-23/h1-8,14,17,20H,9-13,15H2. The van der Waals surface area contributed by atoms with Crippen molar-refractivity contribution in [2.24, 2.45) is 5.92 Å². The topological polar surface area (TPSA) is 75.6 Å². The predicted octanol–water partition coefficient (Wildman–Crippen LogP) is 3.19. The summed E-state index contributed by atoms with van der Waals surface area (Å²) >= 11 is 0. The minimum atomic E-state index is -0.381. The van der Waals surface area contributed by atoms with E-state index >= 15 is 0 Å². The lowest BCUT2D eigenvalue weighted by Gasteiger charge is -2.33. The van der Waals surface area contributed by atoms with Crippen LogP contribution in [0.1, 0.15) is 19.3 Å². The molecule has 0 N–H and O–H groups in total. The van der Waals surface area contributed by atoms with Gasteiger partial charge in [-0.15, -0.1) is 5.10 Å². The molecule has 3 aromatic rings. The molecule has 8 heteroatoms. The highest BCUT2D eigenvalue weighted by Gasteiger charge is 2.38. The van der Waals surface area contributed by atoms with E-state index in [2.05, 4.69) is 10.2 Å². The minimum absolute atomic E-state index is 0.00800. The molecule has 32 heavy (non-hydrogen) atoms. The van der Waals surface area contributed by atoms with E-state index in [4.69, 9.17) is 4.74 Å². The molecule has 7 nitrogen and oxygen atoms in total. The maximum Gasteiger partial charge on any atom is 0.241 e. The number of piperidine rings is 1. The Morgan fingerprint density at radius 1 is 1.06 bits per heavy atom. The zero-order valence-electron chi connectivity index (χ0n) is 17.5. The molecule has 2 saturated heterocycles. The van der Waals surface area contributed by atoms with Crippen LogP contribution in [0.3, 0.4) is 0 Å². The minimum Gasteiger partial charge on any atom is -0.473 e. The molecule has 2 aromatic carbocycles. The molecule has 0 bridgehead atoms. The number of ether oxygens (including phenoxy) is 1. The van der Waals surface area contributed by atoms with Gasteiger partial charge in [-0.05, 0) is 30.3 Å². The van der Waals surface area contributed by atoms with Crippen molar-refractivity contribution in [3.63, 3.8) is 0 Å². The second-order valence-corrected chi connectivity index (χ2v) is 8.26. The van der Waals surface area contributed by atoms with Gasteiger partial charge in [-0.25, -0.2) is 4.39 Å². The highest BCUT2D eigenvalue weighted by molar-refractivity contribution is 6.00. The Balaban J connectivity index is 1.19. The average molecular weight is 434 g/mol. The third kappa shape index (κ3) is 4.00. The van der Waals surface area contributed by atoms with E-state index in [1.165, 1.54) is 12.1 Å². The van der Waals surface area contributed by atoms with Gasteiger partial charge in [-0.2, -0.15) is 5.10 Å². The number of anilines is 1. The first-order valence-electron chi connectivity index (χ1n) is 10.8. The summed E-state index contributed by atoms with van der Waals surface area (Å²) < 4.78 is 19.3. The Labute approximate surface area is 184 Å². The summed E-state index contributed by atoms with van der Waals surface area (Å²) in [4.78, 5) is 28.9. The lowest BCUT2D eigenvalue weighted by Crippen LogP contribution is -2.45. The van der Waals surface area contributed by atoms with Crippen LogP contribution in [-0.2, 0) is 9.59 Å². The quantitative estimate of drug-likeness (QED) is 0.631. The average Bonchev–Trinajstić information content (AvgIpc) is 3.21. The van der Waals surface area contributed by atoms with Gasteiger partial charge < -0.3 is 14.5 Å². The van der Waals surface area contributed by atoms with E-state index in [0.29, 0.717) is 44.0 Å². The predicted molar refractivity (Wildman–Crippen MR) is 117 cm³/mol. The molecule has 2 aliphatic rings. The first kappa shape index (κ1) is 20.4. The van der Waals surface area contributed by atoms with E-state index in [1.54, 1.807) is 23.2 Å². The van der Waals surface area contributed by atoms with Gasteiger partial charge in [0.1, 0.15) is 11.9 Å². The summed E-state index contributed by atoms with van der Waals surface area (Å²) in [6, 6.07) is 13.6. The summed E-state index contributed by atoms with van der Waals surface area (Å²) in [5.41, 5.74) is 0.620. The van der Waals surface area contributed by atoms with E-state index in [9.17, 15) is 14.0 Å². The van der Waals surface area contributed by atoms with Gasteiger partial charge in [-0.1, -0.05) is 18.2 Å². The van der Waals surface area contributed by atoms with Crippen molar-refractivity contribution in [3.8, 4) is 5.88 Å². The molecule has 0 saturated carbocycles. The number of benzene rings is 2. The van der Waals surface area contributed by atoms with Gasteiger partial charge in [0.15, 0.2) is 0 Å². The molecule has 2 fully saturated rings. The van der Waals surface area contributed by atoms with Crippen molar-refractivity contribution in [1.29, 1.82) is 0 Å². The molecule has 1 atom stereocenters. The normalized spacial score (nSPS) is 19.5. The molecule has 3 heterocycles. The van der Waals surface area contributed by atoms with Crippen LogP contribution in [0.15, 0.2) is 54.7 Å². The highest BCUT2D eigenvalue weighted by Crippen LogP contribution is 2.29. The van der Waals surface area contributed by atoms with Crippen LogP contribution in [-0.4, -0.2) is 52.6 Å². The van der Waals surface area contributed by atoms with Crippen LogP contribution >= 0.6 is 0 Å². The third-order valence-corrected chi connectivity index (χ3v) is 6.18. The fourth-order valence-corrected chi connectivity index (χ4v) is 4.44. The molecular weight excluding hydrogens is 411 g/mol. The molecule has 1 unspecified atom stereocenters. The fraction of sp³-hybridized carbons (Fsp3) is 0.333. The smallest absolute Gasteiger partial charge is 0.241 e. The zero-order valence-corrected chi connectivity index (χ0v) is 17.5. The Hall–Kier alpha value is -3.55.